The number of unbranched alkanes of at least 4 members (excludes halogenated alkanes) is 3. The van der Waals surface area contributed by atoms with Crippen molar-refractivity contribution in [1.82, 2.24) is 19.5 Å². The van der Waals surface area contributed by atoms with Crippen molar-refractivity contribution in [3.63, 3.8) is 0 Å². The standard InChI is InChI=1S/C30H43N7O5/c31-42-26-16-11-21(19-41-26)18-37-20-32-28-27(37)29(33-22-8-4-3-5-9-22)36-30(35-28)34-23-12-14-24(15-13-23)40-17-7-2-1-6-10-25(38)39/h12-15,20-22,26H,1-11,16-19,31H2,(H,38,39)(H2,33,34,35,36). The molecule has 12 nitrogen and oxygen atoms in total. The zero-order chi connectivity index (χ0) is 29.1. The lowest BCUT2D eigenvalue weighted by Crippen LogP contribution is -2.31. The lowest BCUT2D eigenvalue weighted by Gasteiger charge is -2.28. The smallest absolute Gasteiger partial charge is 0.303 e. The van der Waals surface area contributed by atoms with Crippen LogP contribution in [-0.2, 0) is 20.9 Å². The van der Waals surface area contributed by atoms with E-state index in [-0.39, 0.29) is 12.7 Å². The van der Waals surface area contributed by atoms with Crippen LogP contribution in [0.1, 0.15) is 77.0 Å². The summed E-state index contributed by atoms with van der Waals surface area (Å²) < 4.78 is 13.7. The number of rotatable bonds is 15. The molecule has 3 aromatic rings. The van der Waals surface area contributed by atoms with Gasteiger partial charge in [0, 0.05) is 37.0 Å². The number of carbonyl (C=O) groups is 1. The van der Waals surface area contributed by atoms with Crippen LogP contribution in [-0.4, -0.2) is 56.1 Å². The predicted molar refractivity (Wildman–Crippen MR) is 159 cm³/mol. The van der Waals surface area contributed by atoms with Gasteiger partial charge in [0.1, 0.15) is 11.3 Å². The average molecular weight is 582 g/mol. The van der Waals surface area contributed by atoms with Gasteiger partial charge < -0.3 is 29.8 Å². The van der Waals surface area contributed by atoms with Gasteiger partial charge in [-0.2, -0.15) is 9.97 Å². The SMILES string of the molecule is NOC1CCC(Cn2cnc3nc(Nc4ccc(OCCCCCCC(=O)O)cc4)nc(NC4CCCCC4)c32)CO1. The Hall–Kier alpha value is -3.48. The minimum absolute atomic E-state index is 0.230. The van der Waals surface area contributed by atoms with Gasteiger partial charge in [0.15, 0.2) is 17.8 Å². The van der Waals surface area contributed by atoms with E-state index in [1.807, 2.05) is 30.6 Å². The summed E-state index contributed by atoms with van der Waals surface area (Å²) in [5.41, 5.74) is 2.42. The summed E-state index contributed by atoms with van der Waals surface area (Å²) in [5, 5.41) is 15.8. The number of carboxylic acid groups (broad SMARTS) is 1. The van der Waals surface area contributed by atoms with E-state index < -0.39 is 5.97 Å². The molecule has 1 saturated carbocycles. The van der Waals surface area contributed by atoms with E-state index in [9.17, 15) is 4.79 Å². The monoisotopic (exact) mass is 581 g/mol. The van der Waals surface area contributed by atoms with Crippen molar-refractivity contribution in [3.8, 4) is 5.75 Å². The lowest BCUT2D eigenvalue weighted by atomic mass is 9.95. The van der Waals surface area contributed by atoms with Gasteiger partial charge in [-0.05, 0) is 56.4 Å². The number of benzene rings is 1. The fourth-order valence-corrected chi connectivity index (χ4v) is 5.71. The molecule has 5 N–H and O–H groups in total. The lowest BCUT2D eigenvalue weighted by molar-refractivity contribution is -0.178. The summed E-state index contributed by atoms with van der Waals surface area (Å²) in [5.74, 6) is 6.97. The van der Waals surface area contributed by atoms with Crippen LogP contribution in [0.2, 0.25) is 0 Å². The van der Waals surface area contributed by atoms with Crippen molar-refractivity contribution in [2.45, 2.75) is 95.9 Å². The Morgan fingerprint density at radius 3 is 2.60 bits per heavy atom. The molecule has 1 saturated heterocycles. The molecule has 2 fully saturated rings. The molecule has 2 atom stereocenters. The highest BCUT2D eigenvalue weighted by molar-refractivity contribution is 5.85. The minimum atomic E-state index is -0.736. The Balaban J connectivity index is 1.23. The highest BCUT2D eigenvalue weighted by Gasteiger charge is 2.24. The van der Waals surface area contributed by atoms with Crippen molar-refractivity contribution >= 4 is 34.6 Å². The van der Waals surface area contributed by atoms with Gasteiger partial charge in [-0.25, -0.2) is 10.9 Å². The maximum Gasteiger partial charge on any atom is 0.303 e. The molecule has 5 rings (SSSR count). The molecule has 0 amide bonds. The molecular weight excluding hydrogens is 538 g/mol. The Labute approximate surface area is 246 Å². The largest absolute Gasteiger partial charge is 0.494 e. The number of imidazole rings is 1. The van der Waals surface area contributed by atoms with Crippen LogP contribution in [0.5, 0.6) is 5.75 Å². The molecule has 2 aliphatic rings. The third-order valence-corrected chi connectivity index (χ3v) is 8.02. The number of aromatic nitrogens is 4. The summed E-state index contributed by atoms with van der Waals surface area (Å²) in [7, 11) is 0. The maximum absolute atomic E-state index is 10.6. The molecule has 12 heteroatoms. The molecule has 1 aromatic carbocycles. The molecule has 2 unspecified atom stereocenters. The van der Waals surface area contributed by atoms with E-state index >= 15 is 0 Å². The van der Waals surface area contributed by atoms with Crippen molar-refractivity contribution < 1.29 is 24.2 Å². The van der Waals surface area contributed by atoms with E-state index in [1.54, 1.807) is 0 Å². The van der Waals surface area contributed by atoms with Crippen molar-refractivity contribution in [2.75, 3.05) is 23.8 Å². The van der Waals surface area contributed by atoms with Gasteiger partial charge in [0.25, 0.3) is 0 Å². The number of anilines is 3. The third-order valence-electron chi connectivity index (χ3n) is 8.02. The molecule has 1 aliphatic heterocycles. The van der Waals surface area contributed by atoms with E-state index in [2.05, 4.69) is 20.2 Å². The molecule has 2 aromatic heterocycles. The van der Waals surface area contributed by atoms with Gasteiger partial charge in [0.2, 0.25) is 5.95 Å². The first-order valence-corrected chi connectivity index (χ1v) is 15.3. The first-order valence-electron chi connectivity index (χ1n) is 15.3. The van der Waals surface area contributed by atoms with Crippen LogP contribution in [0.4, 0.5) is 17.5 Å². The minimum Gasteiger partial charge on any atom is -0.494 e. The number of aliphatic carboxylic acids is 1. The fraction of sp³-hybridized carbons (Fsp3) is 0.600. The van der Waals surface area contributed by atoms with Crippen molar-refractivity contribution in [3.05, 3.63) is 30.6 Å². The van der Waals surface area contributed by atoms with Gasteiger partial charge in [0.05, 0.1) is 19.5 Å². The van der Waals surface area contributed by atoms with Crippen LogP contribution >= 0.6 is 0 Å². The topological polar surface area (TPSA) is 159 Å². The Kier molecular flexibility index (Phi) is 10.8. The fourth-order valence-electron chi connectivity index (χ4n) is 5.71. The van der Waals surface area contributed by atoms with Gasteiger partial charge in [-0.1, -0.05) is 32.1 Å². The molecule has 42 heavy (non-hydrogen) atoms. The second kappa shape index (κ2) is 15.1. The number of nitrogens with zero attached hydrogens (tertiary/aromatic N) is 4. The Morgan fingerprint density at radius 2 is 1.86 bits per heavy atom. The number of ether oxygens (including phenoxy) is 2. The van der Waals surface area contributed by atoms with Gasteiger partial charge in [-0.3, -0.25) is 9.63 Å². The van der Waals surface area contributed by atoms with E-state index in [0.29, 0.717) is 43.2 Å². The summed E-state index contributed by atoms with van der Waals surface area (Å²) >= 11 is 0. The molecule has 0 radical (unpaired) electrons. The zero-order valence-electron chi connectivity index (χ0n) is 24.2. The summed E-state index contributed by atoms with van der Waals surface area (Å²) in [4.78, 5) is 29.8. The predicted octanol–water partition coefficient (Wildman–Crippen LogP) is 5.37. The van der Waals surface area contributed by atoms with E-state index in [4.69, 9.17) is 35.3 Å². The van der Waals surface area contributed by atoms with Crippen LogP contribution in [0.25, 0.3) is 11.2 Å². The number of nitrogens with one attached hydrogen (secondary N) is 2. The van der Waals surface area contributed by atoms with Crippen molar-refractivity contribution in [1.29, 1.82) is 0 Å². The molecule has 3 heterocycles. The number of nitrogens with two attached hydrogens (primary N) is 1. The molecule has 0 spiro atoms. The number of hydrogen-bond acceptors (Lipinski definition) is 10. The number of fused-ring (bicyclic) bond motifs is 1. The second-order valence-corrected chi connectivity index (χ2v) is 11.3. The Morgan fingerprint density at radius 1 is 1.05 bits per heavy atom. The normalized spacial score (nSPS) is 19.5. The molecular formula is C30H43N7O5. The first kappa shape index (κ1) is 30.0. The van der Waals surface area contributed by atoms with Crippen LogP contribution in [0.15, 0.2) is 30.6 Å². The molecule has 228 valence electrons. The van der Waals surface area contributed by atoms with E-state index in [0.717, 1.165) is 74.3 Å². The second-order valence-electron chi connectivity index (χ2n) is 11.3. The van der Waals surface area contributed by atoms with Crippen LogP contribution in [0, 0.1) is 5.92 Å². The highest BCUT2D eigenvalue weighted by atomic mass is 16.7. The first-order chi connectivity index (χ1) is 20.6. The van der Waals surface area contributed by atoms with Crippen molar-refractivity contribution in [2.24, 2.45) is 11.8 Å². The maximum atomic E-state index is 10.6. The van der Waals surface area contributed by atoms with Crippen LogP contribution in [0.3, 0.4) is 0 Å². The number of hydrogen-bond donors (Lipinski definition) is 4. The third kappa shape index (κ3) is 8.52. The zero-order valence-corrected chi connectivity index (χ0v) is 24.2. The quantitative estimate of drug-likeness (QED) is 0.135. The van der Waals surface area contributed by atoms with Gasteiger partial charge >= 0.3 is 5.97 Å². The Bertz CT molecular complexity index is 1270. The molecule has 0 bridgehead atoms. The van der Waals surface area contributed by atoms with E-state index in [1.165, 1.54) is 19.3 Å². The summed E-state index contributed by atoms with van der Waals surface area (Å²) in [6, 6.07) is 8.12. The summed E-state index contributed by atoms with van der Waals surface area (Å²) in [6.45, 7) is 1.94. The average Bonchev–Trinajstić information content (AvgIpc) is 3.41. The van der Waals surface area contributed by atoms with Crippen LogP contribution < -0.4 is 21.3 Å². The number of carboxylic acids is 1. The summed E-state index contributed by atoms with van der Waals surface area (Å²) in [6.07, 6.45) is 12.9. The molecule has 1 aliphatic carbocycles. The highest BCUT2D eigenvalue weighted by Crippen LogP contribution is 2.29. The van der Waals surface area contributed by atoms with Gasteiger partial charge in [-0.15, -0.1) is 0 Å².